The van der Waals surface area contributed by atoms with Crippen molar-refractivity contribution >= 4 is 35.1 Å². The van der Waals surface area contributed by atoms with E-state index in [9.17, 15) is 0 Å². The highest BCUT2D eigenvalue weighted by molar-refractivity contribution is 7.14. The Bertz CT molecular complexity index is 467. The first-order valence-electron chi connectivity index (χ1n) is 5.53. The van der Waals surface area contributed by atoms with Crippen LogP contribution in [-0.2, 0) is 6.54 Å². The fraction of sp³-hybridized carbons (Fsp3) is 0.417. The Hall–Kier alpha value is -0.420. The molecule has 0 amide bonds. The first-order chi connectivity index (χ1) is 7.83. The standard InChI is InChI=1S/C12H14N2S2.ClH/c1-8-4-11(8)13-5-10-7-16-12(14-10)9-2-3-15-6-9;/h2-3,6-8,11,13H,4-5H2,1H3;1H. The highest BCUT2D eigenvalue weighted by Crippen LogP contribution is 2.30. The lowest BCUT2D eigenvalue weighted by atomic mass is 10.3. The van der Waals surface area contributed by atoms with Crippen LogP contribution in [0.25, 0.3) is 10.6 Å². The second kappa shape index (κ2) is 5.48. The summed E-state index contributed by atoms with van der Waals surface area (Å²) in [6, 6.07) is 2.86. The van der Waals surface area contributed by atoms with E-state index >= 15 is 0 Å². The van der Waals surface area contributed by atoms with Crippen LogP contribution in [0.15, 0.2) is 22.2 Å². The Morgan fingerprint density at radius 1 is 1.47 bits per heavy atom. The number of nitrogens with zero attached hydrogens (tertiary/aromatic N) is 1. The van der Waals surface area contributed by atoms with Gasteiger partial charge >= 0.3 is 0 Å². The summed E-state index contributed by atoms with van der Waals surface area (Å²) in [5, 5.41) is 11.1. The molecule has 0 saturated heterocycles. The van der Waals surface area contributed by atoms with Gasteiger partial charge in [-0.3, -0.25) is 0 Å². The molecule has 2 aromatic heterocycles. The van der Waals surface area contributed by atoms with Crippen LogP contribution in [0, 0.1) is 5.92 Å². The van der Waals surface area contributed by atoms with E-state index in [1.165, 1.54) is 17.7 Å². The van der Waals surface area contributed by atoms with Gasteiger partial charge in [-0.2, -0.15) is 11.3 Å². The van der Waals surface area contributed by atoms with Gasteiger partial charge in [-0.1, -0.05) is 6.92 Å². The molecule has 1 N–H and O–H groups in total. The molecular weight excluding hydrogens is 272 g/mol. The molecule has 2 atom stereocenters. The predicted molar refractivity (Wildman–Crippen MR) is 77.1 cm³/mol. The van der Waals surface area contributed by atoms with E-state index in [0.29, 0.717) is 0 Å². The van der Waals surface area contributed by atoms with Gasteiger partial charge in [-0.25, -0.2) is 4.98 Å². The summed E-state index contributed by atoms with van der Waals surface area (Å²) in [6.07, 6.45) is 1.32. The largest absolute Gasteiger partial charge is 0.308 e. The second-order valence-corrected chi connectivity index (χ2v) is 5.99. The smallest absolute Gasteiger partial charge is 0.124 e. The number of hydrogen-bond acceptors (Lipinski definition) is 4. The van der Waals surface area contributed by atoms with Crippen LogP contribution in [0.5, 0.6) is 0 Å². The van der Waals surface area contributed by atoms with Crippen molar-refractivity contribution in [3.63, 3.8) is 0 Å². The number of halogens is 1. The molecule has 0 spiro atoms. The first-order valence-corrected chi connectivity index (χ1v) is 7.35. The van der Waals surface area contributed by atoms with E-state index in [1.54, 1.807) is 22.7 Å². The van der Waals surface area contributed by atoms with Crippen molar-refractivity contribution in [1.29, 1.82) is 0 Å². The molecule has 1 aliphatic carbocycles. The van der Waals surface area contributed by atoms with Crippen LogP contribution in [0.2, 0.25) is 0 Å². The molecule has 92 valence electrons. The molecule has 1 fully saturated rings. The second-order valence-electron chi connectivity index (χ2n) is 4.36. The minimum atomic E-state index is 0. The Labute approximate surface area is 116 Å². The number of thiophene rings is 1. The minimum absolute atomic E-state index is 0. The highest BCUT2D eigenvalue weighted by Gasteiger charge is 2.31. The lowest BCUT2D eigenvalue weighted by Gasteiger charge is -1.98. The van der Waals surface area contributed by atoms with Crippen LogP contribution in [0.4, 0.5) is 0 Å². The number of rotatable bonds is 4. The topological polar surface area (TPSA) is 24.9 Å². The van der Waals surface area contributed by atoms with Crippen molar-refractivity contribution in [1.82, 2.24) is 10.3 Å². The predicted octanol–water partition coefficient (Wildman–Crippen LogP) is 3.79. The fourth-order valence-corrected chi connectivity index (χ4v) is 3.28. The zero-order valence-electron chi connectivity index (χ0n) is 9.55. The molecule has 1 saturated carbocycles. The van der Waals surface area contributed by atoms with Gasteiger partial charge in [0.05, 0.1) is 5.69 Å². The molecule has 0 radical (unpaired) electrons. The summed E-state index contributed by atoms with van der Waals surface area (Å²) < 4.78 is 0. The minimum Gasteiger partial charge on any atom is -0.308 e. The summed E-state index contributed by atoms with van der Waals surface area (Å²) in [4.78, 5) is 4.64. The normalized spacial score (nSPS) is 22.2. The zero-order valence-corrected chi connectivity index (χ0v) is 12.0. The van der Waals surface area contributed by atoms with E-state index in [4.69, 9.17) is 0 Å². The van der Waals surface area contributed by atoms with Crippen LogP contribution in [-0.4, -0.2) is 11.0 Å². The summed E-state index contributed by atoms with van der Waals surface area (Å²) in [5.41, 5.74) is 2.42. The SMILES string of the molecule is CC1CC1NCc1csc(-c2ccsc2)n1.Cl. The summed E-state index contributed by atoms with van der Waals surface area (Å²) in [5.74, 6) is 0.856. The van der Waals surface area contributed by atoms with Crippen molar-refractivity contribution in [3.8, 4) is 10.6 Å². The van der Waals surface area contributed by atoms with Gasteiger partial charge in [0.1, 0.15) is 5.01 Å². The highest BCUT2D eigenvalue weighted by atomic mass is 35.5. The summed E-state index contributed by atoms with van der Waals surface area (Å²) >= 11 is 3.46. The van der Waals surface area contributed by atoms with Gasteiger partial charge < -0.3 is 5.32 Å². The molecule has 3 rings (SSSR count). The van der Waals surface area contributed by atoms with Gasteiger partial charge in [0.2, 0.25) is 0 Å². The average Bonchev–Trinajstić information content (AvgIpc) is 2.82. The molecule has 0 bridgehead atoms. The lowest BCUT2D eigenvalue weighted by molar-refractivity contribution is 0.645. The molecule has 1 aliphatic rings. The van der Waals surface area contributed by atoms with Gasteiger partial charge in [-0.15, -0.1) is 23.7 Å². The maximum absolute atomic E-state index is 4.64. The van der Waals surface area contributed by atoms with Gasteiger partial charge in [0, 0.05) is 28.9 Å². The van der Waals surface area contributed by atoms with E-state index in [0.717, 1.165) is 23.5 Å². The van der Waals surface area contributed by atoms with Crippen LogP contribution >= 0.6 is 35.1 Å². The molecule has 2 nitrogen and oxygen atoms in total. The van der Waals surface area contributed by atoms with Crippen molar-refractivity contribution in [3.05, 3.63) is 27.9 Å². The zero-order chi connectivity index (χ0) is 11.0. The molecule has 17 heavy (non-hydrogen) atoms. The molecule has 2 aromatic rings. The average molecular weight is 287 g/mol. The Morgan fingerprint density at radius 3 is 2.94 bits per heavy atom. The molecule has 2 heterocycles. The molecule has 2 unspecified atom stereocenters. The Balaban J connectivity index is 0.00000108. The Kier molecular flexibility index (Phi) is 4.20. The lowest BCUT2D eigenvalue weighted by Crippen LogP contribution is -2.17. The van der Waals surface area contributed by atoms with Crippen molar-refractivity contribution in [2.45, 2.75) is 25.9 Å². The third-order valence-electron chi connectivity index (χ3n) is 2.97. The molecule has 5 heteroatoms. The van der Waals surface area contributed by atoms with E-state index in [1.807, 2.05) is 0 Å². The van der Waals surface area contributed by atoms with Crippen LogP contribution < -0.4 is 5.32 Å². The number of aromatic nitrogens is 1. The van der Waals surface area contributed by atoms with E-state index in [2.05, 4.69) is 39.4 Å². The number of nitrogens with one attached hydrogen (secondary N) is 1. The third-order valence-corrected chi connectivity index (χ3v) is 4.60. The molecular formula is C12H15ClN2S2. The van der Waals surface area contributed by atoms with Gasteiger partial charge in [0.15, 0.2) is 0 Å². The summed E-state index contributed by atoms with van der Waals surface area (Å²) in [6.45, 7) is 3.20. The van der Waals surface area contributed by atoms with Crippen LogP contribution in [0.1, 0.15) is 19.0 Å². The van der Waals surface area contributed by atoms with Crippen LogP contribution in [0.3, 0.4) is 0 Å². The fourth-order valence-electron chi connectivity index (χ4n) is 1.75. The van der Waals surface area contributed by atoms with Gasteiger partial charge in [0.25, 0.3) is 0 Å². The first kappa shape index (κ1) is 13.0. The van der Waals surface area contributed by atoms with Crippen molar-refractivity contribution in [2.75, 3.05) is 0 Å². The maximum Gasteiger partial charge on any atom is 0.124 e. The van der Waals surface area contributed by atoms with E-state index in [-0.39, 0.29) is 12.4 Å². The third kappa shape index (κ3) is 3.07. The van der Waals surface area contributed by atoms with Gasteiger partial charge in [-0.05, 0) is 23.8 Å². The molecule has 0 aliphatic heterocycles. The molecule has 0 aromatic carbocycles. The Morgan fingerprint density at radius 2 is 2.29 bits per heavy atom. The van der Waals surface area contributed by atoms with Crippen molar-refractivity contribution < 1.29 is 0 Å². The van der Waals surface area contributed by atoms with E-state index < -0.39 is 0 Å². The number of hydrogen-bond donors (Lipinski definition) is 1. The summed E-state index contributed by atoms with van der Waals surface area (Å²) in [7, 11) is 0. The number of thiazole rings is 1. The monoisotopic (exact) mass is 286 g/mol. The van der Waals surface area contributed by atoms with Crippen molar-refractivity contribution in [2.24, 2.45) is 5.92 Å². The maximum atomic E-state index is 4.64. The quantitative estimate of drug-likeness (QED) is 0.925.